The summed E-state index contributed by atoms with van der Waals surface area (Å²) < 4.78 is 0. The van der Waals surface area contributed by atoms with Crippen molar-refractivity contribution in [1.29, 1.82) is 0 Å². The first kappa shape index (κ1) is 56.9. The summed E-state index contributed by atoms with van der Waals surface area (Å²) in [5.74, 6) is 0. The topological polar surface area (TPSA) is 6.48 Å². The highest BCUT2D eigenvalue weighted by Gasteiger charge is 2.52. The maximum atomic E-state index is 2.51. The van der Waals surface area contributed by atoms with Gasteiger partial charge in [-0.15, -0.1) is 0 Å². The number of rotatable bonds is 11. The highest BCUT2D eigenvalue weighted by molar-refractivity contribution is 6.01. The Kier molecular flexibility index (Phi) is 13.3. The first-order chi connectivity index (χ1) is 47.2. The molecule has 0 unspecified atom stereocenters. The zero-order chi connectivity index (χ0) is 64.2. The smallest absolute Gasteiger partial charge is 0.0726 e. The van der Waals surface area contributed by atoms with Crippen molar-refractivity contribution in [1.82, 2.24) is 0 Å². The van der Waals surface area contributed by atoms with E-state index in [0.29, 0.717) is 0 Å². The van der Waals surface area contributed by atoms with Gasteiger partial charge in [0.25, 0.3) is 0 Å². The number of anilines is 6. The van der Waals surface area contributed by atoms with Crippen molar-refractivity contribution in [3.8, 4) is 89.0 Å². The summed E-state index contributed by atoms with van der Waals surface area (Å²) in [5.41, 5.74) is 36.3. The predicted molar refractivity (Wildman–Crippen MR) is 404 cm³/mol. The third kappa shape index (κ3) is 9.00. The Morgan fingerprint density at radius 1 is 0.229 bits per heavy atom. The molecule has 96 heavy (non-hydrogen) atoms. The molecule has 0 aliphatic heterocycles. The summed E-state index contributed by atoms with van der Waals surface area (Å²) in [6.45, 7) is 9.37. The predicted octanol–water partition coefficient (Wildman–Crippen LogP) is 25.4. The van der Waals surface area contributed by atoms with E-state index in [9.17, 15) is 0 Å². The SMILES string of the molecule is Cc1cc(-c2ccc(-c3cccc(N(c4ccc5c(c4)C(C)(C)c4cc(-c6ccc(-c7ccccc7)cc6)ccc4-5)c4cccc5ccccc45)c3)cc2)cc(C)c1N(c1ccc(-c2ccccc2)cc1)c1ccc2c(c1)C1(c3ccccc3-c3ccccc31)c1ccccc1-2. The third-order valence-corrected chi connectivity index (χ3v) is 21.1. The zero-order valence-corrected chi connectivity index (χ0v) is 54.2. The van der Waals surface area contributed by atoms with E-state index in [-0.39, 0.29) is 5.41 Å². The third-order valence-electron chi connectivity index (χ3n) is 21.1. The molecule has 0 heterocycles. The van der Waals surface area contributed by atoms with Crippen LogP contribution in [0.2, 0.25) is 0 Å². The quantitative estimate of drug-likeness (QED) is 0.127. The minimum absolute atomic E-state index is 0.239. The highest BCUT2D eigenvalue weighted by Crippen LogP contribution is 2.64. The van der Waals surface area contributed by atoms with Gasteiger partial charge in [-0.1, -0.05) is 281 Å². The summed E-state index contributed by atoms with van der Waals surface area (Å²) in [7, 11) is 0. The van der Waals surface area contributed by atoms with Gasteiger partial charge in [0.15, 0.2) is 0 Å². The molecule has 15 aromatic rings. The van der Waals surface area contributed by atoms with Crippen molar-refractivity contribution in [3.63, 3.8) is 0 Å². The molecule has 2 heteroatoms. The van der Waals surface area contributed by atoms with Crippen LogP contribution in [0.3, 0.4) is 0 Å². The van der Waals surface area contributed by atoms with Crippen molar-refractivity contribution >= 4 is 44.9 Å². The second-order valence-corrected chi connectivity index (χ2v) is 26.8. The number of aryl methyl sites for hydroxylation is 2. The summed E-state index contributed by atoms with van der Waals surface area (Å²) >= 11 is 0. The van der Waals surface area contributed by atoms with Gasteiger partial charge in [0.1, 0.15) is 0 Å². The molecular weight excluding hydrogens is 1160 g/mol. The lowest BCUT2D eigenvalue weighted by molar-refractivity contribution is 0.660. The Labute approximate surface area is 563 Å². The monoisotopic (exact) mass is 1220 g/mol. The van der Waals surface area contributed by atoms with Crippen LogP contribution in [-0.4, -0.2) is 0 Å². The molecule has 3 aliphatic rings. The Morgan fingerprint density at radius 2 is 0.594 bits per heavy atom. The van der Waals surface area contributed by atoms with Gasteiger partial charge >= 0.3 is 0 Å². The molecule has 0 saturated carbocycles. The molecular formula is C94H68N2. The molecule has 0 aromatic heterocycles. The van der Waals surface area contributed by atoms with E-state index in [0.717, 1.165) is 39.6 Å². The average Bonchev–Trinajstić information content (AvgIpc) is 1.51. The largest absolute Gasteiger partial charge is 0.310 e. The molecule has 0 N–H and O–H groups in total. The first-order valence-corrected chi connectivity index (χ1v) is 33.6. The Hall–Kier alpha value is -11.8. The van der Waals surface area contributed by atoms with Gasteiger partial charge in [-0.3, -0.25) is 0 Å². The Balaban J connectivity index is 0.694. The van der Waals surface area contributed by atoms with E-state index in [4.69, 9.17) is 0 Å². The molecule has 0 fully saturated rings. The summed E-state index contributed by atoms with van der Waals surface area (Å²) in [5, 5.41) is 2.41. The number of benzene rings is 15. The molecule has 0 bridgehead atoms. The molecule has 18 rings (SSSR count). The van der Waals surface area contributed by atoms with Crippen molar-refractivity contribution in [2.45, 2.75) is 38.5 Å². The van der Waals surface area contributed by atoms with Gasteiger partial charge in [-0.05, 0) is 226 Å². The van der Waals surface area contributed by atoms with Crippen molar-refractivity contribution in [2.75, 3.05) is 9.80 Å². The van der Waals surface area contributed by atoms with Gasteiger partial charge < -0.3 is 9.80 Å². The van der Waals surface area contributed by atoms with Crippen molar-refractivity contribution in [3.05, 3.63) is 384 Å². The van der Waals surface area contributed by atoms with Gasteiger partial charge in [-0.2, -0.15) is 0 Å². The zero-order valence-electron chi connectivity index (χ0n) is 54.2. The number of fused-ring (bicyclic) bond motifs is 14. The van der Waals surface area contributed by atoms with E-state index >= 15 is 0 Å². The van der Waals surface area contributed by atoms with Crippen molar-refractivity contribution < 1.29 is 0 Å². The van der Waals surface area contributed by atoms with Crippen LogP contribution in [0.25, 0.3) is 99.8 Å². The van der Waals surface area contributed by atoms with Crippen LogP contribution in [0.1, 0.15) is 58.4 Å². The van der Waals surface area contributed by atoms with Gasteiger partial charge in [0, 0.05) is 33.6 Å². The number of hydrogen-bond acceptors (Lipinski definition) is 2. The fourth-order valence-electron chi connectivity index (χ4n) is 16.6. The second-order valence-electron chi connectivity index (χ2n) is 26.8. The van der Waals surface area contributed by atoms with Gasteiger partial charge in [-0.25, -0.2) is 0 Å². The lowest BCUT2D eigenvalue weighted by Crippen LogP contribution is -2.26. The van der Waals surface area contributed by atoms with Crippen LogP contribution in [0.15, 0.2) is 340 Å². The van der Waals surface area contributed by atoms with E-state index < -0.39 is 5.41 Å². The van der Waals surface area contributed by atoms with Crippen LogP contribution in [0.5, 0.6) is 0 Å². The van der Waals surface area contributed by atoms with Crippen LogP contribution in [0.4, 0.5) is 34.1 Å². The number of hydrogen-bond donors (Lipinski definition) is 0. The van der Waals surface area contributed by atoms with Crippen LogP contribution in [-0.2, 0) is 10.8 Å². The van der Waals surface area contributed by atoms with Crippen molar-refractivity contribution in [2.24, 2.45) is 0 Å². The highest BCUT2D eigenvalue weighted by atomic mass is 15.2. The minimum Gasteiger partial charge on any atom is -0.310 e. The lowest BCUT2D eigenvalue weighted by Gasteiger charge is -2.33. The average molecular weight is 1230 g/mol. The van der Waals surface area contributed by atoms with E-state index in [2.05, 4.69) is 377 Å². The molecule has 0 atom stereocenters. The molecule has 15 aromatic carbocycles. The van der Waals surface area contributed by atoms with E-state index in [1.54, 1.807) is 0 Å². The number of nitrogens with zero attached hydrogens (tertiary/aromatic N) is 2. The lowest BCUT2D eigenvalue weighted by atomic mass is 9.70. The molecule has 0 amide bonds. The summed E-state index contributed by atoms with van der Waals surface area (Å²) in [6.07, 6.45) is 0. The fraction of sp³-hybridized carbons (Fsp3) is 0.0638. The molecule has 2 nitrogen and oxygen atoms in total. The second kappa shape index (κ2) is 22.4. The van der Waals surface area contributed by atoms with Gasteiger partial charge in [0.2, 0.25) is 0 Å². The molecule has 3 aliphatic carbocycles. The van der Waals surface area contributed by atoms with Gasteiger partial charge in [0.05, 0.1) is 16.8 Å². The van der Waals surface area contributed by atoms with Crippen LogP contribution >= 0.6 is 0 Å². The molecule has 454 valence electrons. The summed E-state index contributed by atoms with van der Waals surface area (Å²) in [6, 6.07) is 127. The maximum absolute atomic E-state index is 2.51. The van der Waals surface area contributed by atoms with E-state index in [1.165, 1.54) is 139 Å². The molecule has 0 radical (unpaired) electrons. The maximum Gasteiger partial charge on any atom is 0.0726 e. The standard InChI is InChI=1S/C94H68N2/c1-61-55-73(56-62(2)92(61)96(74-48-45-66(46-49-74)64-23-9-6-10-24-64)77-51-54-84-81-32-15-18-35-87(81)94(90(84)60-77)85-33-16-13-30-79(85)80-31-14-17-34-86(80)94)69-43-41-67(42-44-69)71-27-19-28-75(57-71)95(91-36-20-26-70-25-11-12-29-78(70)91)76-50-53-83-82-52-47-72(58-88(82)93(3,4)89(83)59-76)68-39-37-65(38-40-68)63-21-7-5-8-22-63/h5-60H,1-4H3. The van der Waals surface area contributed by atoms with E-state index in [1.807, 2.05) is 0 Å². The Morgan fingerprint density at radius 3 is 1.18 bits per heavy atom. The molecule has 1 spiro atoms. The Bertz CT molecular complexity index is 5470. The van der Waals surface area contributed by atoms with Crippen LogP contribution in [0, 0.1) is 13.8 Å². The fourth-order valence-corrected chi connectivity index (χ4v) is 16.6. The first-order valence-electron chi connectivity index (χ1n) is 33.6. The summed E-state index contributed by atoms with van der Waals surface area (Å²) in [4.78, 5) is 4.98. The molecule has 0 saturated heterocycles. The normalized spacial score (nSPS) is 13.2. The minimum atomic E-state index is -0.465. The van der Waals surface area contributed by atoms with Crippen LogP contribution < -0.4 is 9.80 Å².